The van der Waals surface area contributed by atoms with Gasteiger partial charge in [-0.05, 0) is 12.8 Å². The van der Waals surface area contributed by atoms with E-state index in [9.17, 15) is 0 Å². The molecule has 0 amide bonds. The van der Waals surface area contributed by atoms with Crippen LogP contribution >= 0.6 is 0 Å². The standard InChI is InChI=1S/C10H12/c1-3-5-10-7-4-6-9(2)8-10/h3-4,6-7H,1-2,5,8H2. The molecule has 0 aliphatic heterocycles. The molecular formula is C10H12. The summed E-state index contributed by atoms with van der Waals surface area (Å²) in [7, 11) is 0. The maximum absolute atomic E-state index is 3.88. The van der Waals surface area contributed by atoms with E-state index < -0.39 is 0 Å². The molecule has 0 atom stereocenters. The summed E-state index contributed by atoms with van der Waals surface area (Å²) < 4.78 is 0. The minimum Gasteiger partial charge on any atom is -0.103 e. The first-order chi connectivity index (χ1) is 4.83. The van der Waals surface area contributed by atoms with Crippen LogP contribution < -0.4 is 0 Å². The zero-order valence-corrected chi connectivity index (χ0v) is 6.14. The van der Waals surface area contributed by atoms with E-state index >= 15 is 0 Å². The highest BCUT2D eigenvalue weighted by atomic mass is 14.0. The summed E-state index contributed by atoms with van der Waals surface area (Å²) in [5, 5.41) is 0. The molecule has 52 valence electrons. The van der Waals surface area contributed by atoms with Crippen LogP contribution in [0.15, 0.2) is 48.6 Å². The largest absolute Gasteiger partial charge is 0.103 e. The molecule has 1 aliphatic rings. The topological polar surface area (TPSA) is 0 Å². The third kappa shape index (κ3) is 1.73. The van der Waals surface area contributed by atoms with Crippen molar-refractivity contribution in [2.75, 3.05) is 0 Å². The van der Waals surface area contributed by atoms with E-state index in [1.165, 1.54) is 11.1 Å². The molecule has 0 bridgehead atoms. The molecular weight excluding hydrogens is 120 g/mol. The second-order valence-electron chi connectivity index (χ2n) is 2.51. The fourth-order valence-electron chi connectivity index (χ4n) is 1.06. The highest BCUT2D eigenvalue weighted by Gasteiger charge is 1.98. The van der Waals surface area contributed by atoms with Crippen molar-refractivity contribution in [3.8, 4) is 0 Å². The number of hydrogen-bond acceptors (Lipinski definition) is 0. The zero-order chi connectivity index (χ0) is 7.40. The Hall–Kier alpha value is -1.04. The molecule has 0 heterocycles. The number of allylic oxidation sites excluding steroid dienone is 6. The molecule has 0 aromatic heterocycles. The van der Waals surface area contributed by atoms with Crippen molar-refractivity contribution < 1.29 is 0 Å². The normalized spacial score (nSPS) is 16.8. The van der Waals surface area contributed by atoms with Crippen LogP contribution in [0.1, 0.15) is 12.8 Å². The minimum absolute atomic E-state index is 0.989. The second kappa shape index (κ2) is 3.21. The van der Waals surface area contributed by atoms with Crippen molar-refractivity contribution in [2.45, 2.75) is 12.8 Å². The van der Waals surface area contributed by atoms with E-state index in [0.717, 1.165) is 12.8 Å². The van der Waals surface area contributed by atoms with Crippen LogP contribution in [0.25, 0.3) is 0 Å². The van der Waals surface area contributed by atoms with Crippen molar-refractivity contribution in [1.29, 1.82) is 0 Å². The van der Waals surface area contributed by atoms with Gasteiger partial charge in [0.05, 0.1) is 0 Å². The molecule has 1 aliphatic carbocycles. The maximum Gasteiger partial charge on any atom is -0.00667 e. The average molecular weight is 132 g/mol. The molecule has 0 radical (unpaired) electrons. The first-order valence-electron chi connectivity index (χ1n) is 3.47. The smallest absolute Gasteiger partial charge is 0.00667 e. The van der Waals surface area contributed by atoms with Crippen molar-refractivity contribution in [1.82, 2.24) is 0 Å². The highest BCUT2D eigenvalue weighted by molar-refractivity contribution is 5.33. The summed E-state index contributed by atoms with van der Waals surface area (Å²) in [4.78, 5) is 0. The van der Waals surface area contributed by atoms with Crippen LogP contribution in [0.4, 0.5) is 0 Å². The lowest BCUT2D eigenvalue weighted by Crippen LogP contribution is -1.87. The molecule has 0 unspecified atom stereocenters. The SMILES string of the molecule is C=CCC1=CC=CC(=C)C1. The summed E-state index contributed by atoms with van der Waals surface area (Å²) in [6.45, 7) is 7.57. The Labute approximate surface area is 62.3 Å². The van der Waals surface area contributed by atoms with Gasteiger partial charge in [-0.3, -0.25) is 0 Å². The van der Waals surface area contributed by atoms with Gasteiger partial charge in [0.1, 0.15) is 0 Å². The van der Waals surface area contributed by atoms with E-state index in [-0.39, 0.29) is 0 Å². The Balaban J connectivity index is 2.61. The van der Waals surface area contributed by atoms with Gasteiger partial charge in [-0.1, -0.05) is 42.0 Å². The van der Waals surface area contributed by atoms with Crippen LogP contribution in [0.5, 0.6) is 0 Å². The number of rotatable bonds is 2. The van der Waals surface area contributed by atoms with E-state index in [4.69, 9.17) is 0 Å². The molecule has 0 heteroatoms. The lowest BCUT2D eigenvalue weighted by molar-refractivity contribution is 1.06. The molecule has 0 spiro atoms. The van der Waals surface area contributed by atoms with Crippen molar-refractivity contribution >= 4 is 0 Å². The minimum atomic E-state index is 0.989. The van der Waals surface area contributed by atoms with Crippen LogP contribution in [-0.2, 0) is 0 Å². The molecule has 0 nitrogen and oxygen atoms in total. The summed E-state index contributed by atoms with van der Waals surface area (Å²) >= 11 is 0. The predicted octanol–water partition coefficient (Wildman–Crippen LogP) is 3.01. The third-order valence-electron chi connectivity index (χ3n) is 1.52. The lowest BCUT2D eigenvalue weighted by Gasteiger charge is -2.07. The van der Waals surface area contributed by atoms with Gasteiger partial charge in [0, 0.05) is 0 Å². The summed E-state index contributed by atoms with van der Waals surface area (Å²) in [6.07, 6.45) is 10.2. The van der Waals surface area contributed by atoms with Crippen LogP contribution in [0.3, 0.4) is 0 Å². The summed E-state index contributed by atoms with van der Waals surface area (Å²) in [5.74, 6) is 0. The fraction of sp³-hybridized carbons (Fsp3) is 0.200. The lowest BCUT2D eigenvalue weighted by atomic mass is 9.99. The van der Waals surface area contributed by atoms with Gasteiger partial charge < -0.3 is 0 Å². The molecule has 1 rings (SSSR count). The maximum atomic E-state index is 3.88. The van der Waals surface area contributed by atoms with Gasteiger partial charge in [0.2, 0.25) is 0 Å². The van der Waals surface area contributed by atoms with E-state index in [1.807, 2.05) is 18.2 Å². The Morgan fingerprint density at radius 3 is 3.00 bits per heavy atom. The number of hydrogen-bond donors (Lipinski definition) is 0. The van der Waals surface area contributed by atoms with Gasteiger partial charge in [-0.2, -0.15) is 0 Å². The van der Waals surface area contributed by atoms with E-state index in [0.29, 0.717) is 0 Å². The van der Waals surface area contributed by atoms with Gasteiger partial charge in [-0.25, -0.2) is 0 Å². The van der Waals surface area contributed by atoms with Crippen molar-refractivity contribution in [3.63, 3.8) is 0 Å². The van der Waals surface area contributed by atoms with Crippen molar-refractivity contribution in [2.24, 2.45) is 0 Å². The van der Waals surface area contributed by atoms with Crippen molar-refractivity contribution in [3.05, 3.63) is 48.6 Å². The Morgan fingerprint density at radius 1 is 1.60 bits per heavy atom. The molecule has 0 aromatic carbocycles. The molecule has 0 N–H and O–H groups in total. The van der Waals surface area contributed by atoms with E-state index in [2.05, 4.69) is 19.2 Å². The Bertz CT molecular complexity index is 204. The van der Waals surface area contributed by atoms with Gasteiger partial charge in [0.15, 0.2) is 0 Å². The Morgan fingerprint density at radius 2 is 2.40 bits per heavy atom. The van der Waals surface area contributed by atoms with Gasteiger partial charge in [0.25, 0.3) is 0 Å². The highest BCUT2D eigenvalue weighted by Crippen LogP contribution is 2.18. The third-order valence-corrected chi connectivity index (χ3v) is 1.52. The quantitative estimate of drug-likeness (QED) is 0.507. The first kappa shape index (κ1) is 7.07. The zero-order valence-electron chi connectivity index (χ0n) is 6.14. The monoisotopic (exact) mass is 132 g/mol. The summed E-state index contributed by atoms with van der Waals surface area (Å²) in [5.41, 5.74) is 2.60. The van der Waals surface area contributed by atoms with E-state index in [1.54, 1.807) is 0 Å². The molecule has 0 saturated heterocycles. The fourth-order valence-corrected chi connectivity index (χ4v) is 1.06. The molecule has 10 heavy (non-hydrogen) atoms. The van der Waals surface area contributed by atoms with Gasteiger partial charge in [-0.15, -0.1) is 6.58 Å². The predicted molar refractivity (Wildman–Crippen MR) is 45.8 cm³/mol. The van der Waals surface area contributed by atoms with Crippen LogP contribution in [0, 0.1) is 0 Å². The molecule has 0 aromatic rings. The van der Waals surface area contributed by atoms with Crippen LogP contribution in [-0.4, -0.2) is 0 Å². The average Bonchev–Trinajstić information content (AvgIpc) is 1.88. The molecule has 0 fully saturated rings. The summed E-state index contributed by atoms with van der Waals surface area (Å²) in [6, 6.07) is 0. The Kier molecular flexibility index (Phi) is 2.27. The first-order valence-corrected chi connectivity index (χ1v) is 3.47. The van der Waals surface area contributed by atoms with Crippen LogP contribution in [0.2, 0.25) is 0 Å². The molecule has 0 saturated carbocycles. The van der Waals surface area contributed by atoms with Gasteiger partial charge >= 0.3 is 0 Å². The second-order valence-corrected chi connectivity index (χ2v) is 2.51.